The van der Waals surface area contributed by atoms with Crippen LogP contribution in [-0.4, -0.2) is 30.3 Å². The summed E-state index contributed by atoms with van der Waals surface area (Å²) in [7, 11) is 3.96. The van der Waals surface area contributed by atoms with Crippen molar-refractivity contribution in [2.45, 2.75) is 58.0 Å². The molecule has 0 bridgehead atoms. The molecule has 0 saturated heterocycles. The molecule has 5 heteroatoms. The van der Waals surface area contributed by atoms with Crippen LogP contribution in [0.5, 0.6) is 0 Å². The van der Waals surface area contributed by atoms with E-state index in [9.17, 15) is 0 Å². The van der Waals surface area contributed by atoms with E-state index in [4.69, 9.17) is 4.42 Å². The second-order valence-corrected chi connectivity index (χ2v) is 5.63. The van der Waals surface area contributed by atoms with Gasteiger partial charge in [0.2, 0.25) is 5.89 Å². The van der Waals surface area contributed by atoms with Gasteiger partial charge in [-0.2, -0.15) is 0 Å². The maximum absolute atomic E-state index is 5.75. The fourth-order valence-corrected chi connectivity index (χ4v) is 2.76. The quantitative estimate of drug-likeness (QED) is 0.888. The van der Waals surface area contributed by atoms with E-state index >= 15 is 0 Å². The average molecular weight is 266 g/mol. The van der Waals surface area contributed by atoms with Gasteiger partial charge in [0.15, 0.2) is 0 Å². The lowest BCUT2D eigenvalue weighted by atomic mass is 9.84. The van der Waals surface area contributed by atoms with Gasteiger partial charge in [0, 0.05) is 13.1 Å². The van der Waals surface area contributed by atoms with Gasteiger partial charge in [0.25, 0.3) is 0 Å². The van der Waals surface area contributed by atoms with Crippen molar-refractivity contribution in [1.29, 1.82) is 0 Å². The summed E-state index contributed by atoms with van der Waals surface area (Å²) in [6, 6.07) is 1.29. The Morgan fingerprint density at radius 2 is 2.00 bits per heavy atom. The predicted molar refractivity (Wildman–Crippen MR) is 76.2 cm³/mol. The Balaban J connectivity index is 1.96. The number of hydrogen-bond acceptors (Lipinski definition) is 5. The van der Waals surface area contributed by atoms with Crippen LogP contribution in [0.1, 0.15) is 57.9 Å². The number of nitrogens with one attached hydrogen (secondary N) is 1. The van der Waals surface area contributed by atoms with Gasteiger partial charge in [0.05, 0.1) is 6.04 Å². The summed E-state index contributed by atoms with van der Waals surface area (Å²) in [6.45, 7) is 4.31. The van der Waals surface area contributed by atoms with Crippen molar-refractivity contribution in [3.8, 4) is 0 Å². The summed E-state index contributed by atoms with van der Waals surface area (Å²) in [5.74, 6) is 1.57. The molecular weight excluding hydrogens is 240 g/mol. The Bertz CT molecular complexity index is 385. The Morgan fingerprint density at radius 3 is 2.58 bits per heavy atom. The van der Waals surface area contributed by atoms with Crippen LogP contribution in [0.2, 0.25) is 0 Å². The van der Waals surface area contributed by atoms with Crippen LogP contribution in [0.3, 0.4) is 0 Å². The highest BCUT2D eigenvalue weighted by atomic mass is 16.4. The molecule has 5 nitrogen and oxygen atoms in total. The van der Waals surface area contributed by atoms with Crippen LogP contribution in [0.15, 0.2) is 4.42 Å². The second-order valence-electron chi connectivity index (χ2n) is 5.63. The fourth-order valence-electron chi connectivity index (χ4n) is 2.76. The summed E-state index contributed by atoms with van der Waals surface area (Å²) in [5, 5.41) is 11.4. The Labute approximate surface area is 115 Å². The van der Waals surface area contributed by atoms with Crippen LogP contribution in [0, 0.1) is 5.92 Å². The highest BCUT2D eigenvalue weighted by molar-refractivity contribution is 5.25. The van der Waals surface area contributed by atoms with Crippen LogP contribution >= 0.6 is 0 Å². The van der Waals surface area contributed by atoms with E-state index in [2.05, 4.69) is 34.4 Å². The zero-order chi connectivity index (χ0) is 13.8. The van der Waals surface area contributed by atoms with E-state index in [1.165, 1.54) is 32.1 Å². The first-order chi connectivity index (χ1) is 9.15. The van der Waals surface area contributed by atoms with Crippen LogP contribution in [-0.2, 0) is 0 Å². The smallest absolute Gasteiger partial charge is 0.318 e. The molecule has 0 aliphatic heterocycles. The van der Waals surface area contributed by atoms with Crippen molar-refractivity contribution in [2.24, 2.45) is 5.92 Å². The van der Waals surface area contributed by atoms with Gasteiger partial charge in [-0.3, -0.25) is 0 Å². The molecule has 1 aromatic rings. The molecule has 1 unspecified atom stereocenters. The van der Waals surface area contributed by atoms with Crippen LogP contribution < -0.4 is 10.2 Å². The molecule has 1 aliphatic carbocycles. The van der Waals surface area contributed by atoms with Gasteiger partial charge < -0.3 is 14.6 Å². The summed E-state index contributed by atoms with van der Waals surface area (Å²) < 4.78 is 5.75. The number of aromatic nitrogens is 2. The van der Waals surface area contributed by atoms with E-state index in [0.717, 1.165) is 5.92 Å². The first kappa shape index (κ1) is 14.3. The van der Waals surface area contributed by atoms with Crippen molar-refractivity contribution in [1.82, 2.24) is 15.5 Å². The molecule has 1 aliphatic rings. The molecule has 108 valence electrons. The van der Waals surface area contributed by atoms with Gasteiger partial charge in [-0.1, -0.05) is 18.4 Å². The maximum atomic E-state index is 5.75. The van der Waals surface area contributed by atoms with Crippen molar-refractivity contribution >= 4 is 6.01 Å². The fraction of sp³-hybridized carbons (Fsp3) is 0.857. The zero-order valence-corrected chi connectivity index (χ0v) is 12.5. The monoisotopic (exact) mass is 266 g/mol. The summed E-state index contributed by atoms with van der Waals surface area (Å²) in [5.41, 5.74) is 0. The van der Waals surface area contributed by atoms with Crippen molar-refractivity contribution in [2.75, 3.05) is 19.0 Å². The lowest BCUT2D eigenvalue weighted by Crippen LogP contribution is -2.35. The zero-order valence-electron chi connectivity index (χ0n) is 12.5. The van der Waals surface area contributed by atoms with E-state index in [1.807, 2.05) is 14.0 Å². The molecule has 0 spiro atoms. The summed E-state index contributed by atoms with van der Waals surface area (Å²) >= 11 is 0. The van der Waals surface area contributed by atoms with Crippen LogP contribution in [0.4, 0.5) is 6.01 Å². The van der Waals surface area contributed by atoms with E-state index in [-0.39, 0.29) is 6.04 Å². The summed E-state index contributed by atoms with van der Waals surface area (Å²) in [6.07, 6.45) is 6.41. The minimum Gasteiger partial charge on any atom is -0.406 e. The predicted octanol–water partition coefficient (Wildman–Crippen LogP) is 2.76. The Hall–Kier alpha value is -1.10. The third kappa shape index (κ3) is 3.26. The van der Waals surface area contributed by atoms with Crippen molar-refractivity contribution < 1.29 is 4.42 Å². The Morgan fingerprint density at radius 1 is 1.32 bits per heavy atom. The molecule has 1 heterocycles. The second kappa shape index (κ2) is 6.37. The highest BCUT2D eigenvalue weighted by Gasteiger charge is 2.26. The van der Waals surface area contributed by atoms with Gasteiger partial charge in [-0.15, -0.1) is 5.10 Å². The highest BCUT2D eigenvalue weighted by Crippen LogP contribution is 2.31. The third-order valence-corrected chi connectivity index (χ3v) is 4.48. The lowest BCUT2D eigenvalue weighted by molar-refractivity contribution is 0.305. The molecular formula is C14H26N4O. The molecule has 2 rings (SSSR count). The van der Waals surface area contributed by atoms with Crippen molar-refractivity contribution in [3.05, 3.63) is 5.89 Å². The standard InChI is InChI=1S/C14H26N4O/c1-5-11-6-8-12(9-7-11)18(4)14-17-16-13(19-14)10(2)15-3/h10-12,15H,5-9H2,1-4H3. The molecule has 1 fully saturated rings. The van der Waals surface area contributed by atoms with Gasteiger partial charge in [0.1, 0.15) is 0 Å². The number of anilines is 1. The normalized spacial score (nSPS) is 25.3. The van der Waals surface area contributed by atoms with Crippen molar-refractivity contribution in [3.63, 3.8) is 0 Å². The van der Waals surface area contributed by atoms with Gasteiger partial charge in [-0.25, -0.2) is 0 Å². The minimum absolute atomic E-state index is 0.102. The molecule has 0 amide bonds. The summed E-state index contributed by atoms with van der Waals surface area (Å²) in [4.78, 5) is 2.16. The SMILES string of the molecule is CCC1CCC(N(C)c2nnc(C(C)NC)o2)CC1. The van der Waals surface area contributed by atoms with E-state index < -0.39 is 0 Å². The number of hydrogen-bond donors (Lipinski definition) is 1. The largest absolute Gasteiger partial charge is 0.406 e. The minimum atomic E-state index is 0.102. The molecule has 1 saturated carbocycles. The van der Waals surface area contributed by atoms with E-state index in [0.29, 0.717) is 17.9 Å². The molecule has 1 atom stereocenters. The first-order valence-electron chi connectivity index (χ1n) is 7.39. The third-order valence-electron chi connectivity index (χ3n) is 4.48. The maximum Gasteiger partial charge on any atom is 0.318 e. The molecule has 0 aromatic carbocycles. The topological polar surface area (TPSA) is 54.2 Å². The Kier molecular flexibility index (Phi) is 4.80. The molecule has 1 N–H and O–H groups in total. The number of nitrogens with zero attached hydrogens (tertiary/aromatic N) is 3. The number of rotatable bonds is 5. The molecule has 19 heavy (non-hydrogen) atoms. The molecule has 0 radical (unpaired) electrons. The van der Waals surface area contributed by atoms with Gasteiger partial charge in [-0.05, 0) is 45.6 Å². The average Bonchev–Trinajstić information content (AvgIpc) is 2.95. The first-order valence-corrected chi connectivity index (χ1v) is 7.39. The molecule has 1 aromatic heterocycles. The van der Waals surface area contributed by atoms with E-state index in [1.54, 1.807) is 0 Å². The van der Waals surface area contributed by atoms with Gasteiger partial charge >= 0.3 is 6.01 Å². The lowest BCUT2D eigenvalue weighted by Gasteiger charge is -2.33. The van der Waals surface area contributed by atoms with Crippen LogP contribution in [0.25, 0.3) is 0 Å².